The maximum atomic E-state index is 13.5. The molecule has 29 heavy (non-hydrogen) atoms. The van der Waals surface area contributed by atoms with Crippen molar-refractivity contribution in [2.75, 3.05) is 26.2 Å². The number of benzene rings is 1. The van der Waals surface area contributed by atoms with Crippen LogP contribution in [0.1, 0.15) is 58.4 Å². The molecule has 0 bridgehead atoms. The molecule has 1 N–H and O–H groups in total. The van der Waals surface area contributed by atoms with E-state index in [1.165, 1.54) is 5.56 Å². The van der Waals surface area contributed by atoms with Crippen LogP contribution in [-0.2, 0) is 16.1 Å². The van der Waals surface area contributed by atoms with E-state index < -0.39 is 17.2 Å². The first-order chi connectivity index (χ1) is 13.8. The number of alkyl carbamates (subject to hydrolysis) is 1. The summed E-state index contributed by atoms with van der Waals surface area (Å²) in [5.74, 6) is 0.0578. The van der Waals surface area contributed by atoms with E-state index in [-0.39, 0.29) is 5.91 Å². The molecule has 0 atom stereocenters. The molecule has 2 aliphatic rings. The molecule has 0 spiro atoms. The lowest BCUT2D eigenvalue weighted by molar-refractivity contribution is -0.141. The van der Waals surface area contributed by atoms with Gasteiger partial charge in [0.2, 0.25) is 5.91 Å². The van der Waals surface area contributed by atoms with Crippen molar-refractivity contribution in [3.05, 3.63) is 35.9 Å². The van der Waals surface area contributed by atoms with Gasteiger partial charge in [0.1, 0.15) is 11.1 Å². The third-order valence-electron chi connectivity index (χ3n) is 5.77. The predicted octanol–water partition coefficient (Wildman–Crippen LogP) is 3.56. The summed E-state index contributed by atoms with van der Waals surface area (Å²) >= 11 is 0. The third kappa shape index (κ3) is 5.95. The topological polar surface area (TPSA) is 61.9 Å². The average molecular weight is 402 g/mol. The lowest BCUT2D eigenvalue weighted by Gasteiger charge is -2.43. The van der Waals surface area contributed by atoms with Crippen LogP contribution < -0.4 is 5.32 Å². The first-order valence-electron chi connectivity index (χ1n) is 10.8. The van der Waals surface area contributed by atoms with E-state index in [0.29, 0.717) is 25.9 Å². The molecule has 2 fully saturated rings. The van der Waals surface area contributed by atoms with Crippen molar-refractivity contribution < 1.29 is 14.3 Å². The van der Waals surface area contributed by atoms with E-state index in [1.54, 1.807) is 0 Å². The van der Waals surface area contributed by atoms with Gasteiger partial charge in [-0.25, -0.2) is 4.79 Å². The Morgan fingerprint density at radius 1 is 1.00 bits per heavy atom. The Morgan fingerprint density at radius 2 is 1.62 bits per heavy atom. The number of piperazine rings is 1. The van der Waals surface area contributed by atoms with E-state index in [0.717, 1.165) is 38.9 Å². The van der Waals surface area contributed by atoms with Gasteiger partial charge in [0, 0.05) is 32.7 Å². The van der Waals surface area contributed by atoms with Crippen molar-refractivity contribution in [1.82, 2.24) is 15.1 Å². The summed E-state index contributed by atoms with van der Waals surface area (Å²) in [6.07, 6.45) is 3.90. The fourth-order valence-electron chi connectivity index (χ4n) is 4.30. The van der Waals surface area contributed by atoms with Crippen LogP contribution >= 0.6 is 0 Å². The molecule has 1 aromatic carbocycles. The molecule has 1 saturated heterocycles. The Kier molecular flexibility index (Phi) is 6.83. The average Bonchev–Trinajstić information content (AvgIpc) is 2.68. The lowest BCUT2D eigenvalue weighted by Crippen LogP contribution is -2.63. The smallest absolute Gasteiger partial charge is 0.408 e. The quantitative estimate of drug-likeness (QED) is 0.838. The number of hydrogen-bond acceptors (Lipinski definition) is 4. The van der Waals surface area contributed by atoms with Crippen LogP contribution in [-0.4, -0.2) is 59.1 Å². The molecular weight excluding hydrogens is 366 g/mol. The Balaban J connectivity index is 1.60. The van der Waals surface area contributed by atoms with Gasteiger partial charge in [-0.05, 0) is 39.2 Å². The predicted molar refractivity (Wildman–Crippen MR) is 113 cm³/mol. The van der Waals surface area contributed by atoms with Crippen molar-refractivity contribution in [1.29, 1.82) is 0 Å². The Morgan fingerprint density at radius 3 is 2.21 bits per heavy atom. The highest BCUT2D eigenvalue weighted by Gasteiger charge is 2.44. The van der Waals surface area contributed by atoms with Crippen molar-refractivity contribution in [3.8, 4) is 0 Å². The highest BCUT2D eigenvalue weighted by atomic mass is 16.6. The largest absolute Gasteiger partial charge is 0.444 e. The van der Waals surface area contributed by atoms with Gasteiger partial charge in [-0.15, -0.1) is 0 Å². The van der Waals surface area contributed by atoms with Crippen molar-refractivity contribution in [2.24, 2.45) is 0 Å². The number of nitrogens with zero attached hydrogens (tertiary/aromatic N) is 2. The Labute approximate surface area is 174 Å². The first-order valence-corrected chi connectivity index (χ1v) is 10.8. The molecule has 3 rings (SSSR count). The number of ether oxygens (including phenoxy) is 1. The maximum Gasteiger partial charge on any atom is 0.408 e. The number of carbonyl (C=O) groups is 2. The van der Waals surface area contributed by atoms with Gasteiger partial charge in [0.05, 0.1) is 0 Å². The molecule has 1 heterocycles. The van der Waals surface area contributed by atoms with Crippen molar-refractivity contribution in [3.63, 3.8) is 0 Å². The zero-order chi connectivity index (χ0) is 20.9. The summed E-state index contributed by atoms with van der Waals surface area (Å²) in [6, 6.07) is 10.4. The molecule has 6 heteroatoms. The molecule has 6 nitrogen and oxygen atoms in total. The van der Waals surface area contributed by atoms with E-state index >= 15 is 0 Å². The summed E-state index contributed by atoms with van der Waals surface area (Å²) in [5.41, 5.74) is -0.101. The summed E-state index contributed by atoms with van der Waals surface area (Å²) in [7, 11) is 0. The highest BCUT2D eigenvalue weighted by Crippen LogP contribution is 2.31. The number of carbonyl (C=O) groups excluding carboxylic acids is 2. The minimum atomic E-state index is -0.817. The lowest BCUT2D eigenvalue weighted by atomic mass is 9.80. The molecule has 0 radical (unpaired) electrons. The summed E-state index contributed by atoms with van der Waals surface area (Å²) in [5, 5.41) is 2.97. The number of rotatable bonds is 4. The molecule has 160 valence electrons. The van der Waals surface area contributed by atoms with E-state index in [1.807, 2.05) is 31.7 Å². The standard InChI is InChI=1S/C23H35N3O3/c1-22(2,3)29-21(28)24-23(12-8-5-9-13-23)20(27)26-16-14-25(15-17-26)18-19-10-6-4-7-11-19/h4,6-7,10-11H,5,8-9,12-18H2,1-3H3,(H,24,28). The highest BCUT2D eigenvalue weighted by molar-refractivity contribution is 5.90. The minimum absolute atomic E-state index is 0.0578. The van der Waals surface area contributed by atoms with E-state index in [2.05, 4.69) is 34.5 Å². The van der Waals surface area contributed by atoms with Crippen LogP contribution in [0, 0.1) is 0 Å². The maximum absolute atomic E-state index is 13.5. The van der Waals surface area contributed by atoms with E-state index in [4.69, 9.17) is 4.74 Å². The van der Waals surface area contributed by atoms with Crippen LogP contribution in [0.3, 0.4) is 0 Å². The van der Waals surface area contributed by atoms with Crippen LogP contribution in [0.2, 0.25) is 0 Å². The fourth-order valence-corrected chi connectivity index (χ4v) is 4.30. The van der Waals surface area contributed by atoms with Gasteiger partial charge < -0.3 is 15.0 Å². The van der Waals surface area contributed by atoms with Gasteiger partial charge in [-0.3, -0.25) is 9.69 Å². The third-order valence-corrected chi connectivity index (χ3v) is 5.77. The van der Waals surface area contributed by atoms with Crippen LogP contribution in [0.4, 0.5) is 4.79 Å². The van der Waals surface area contributed by atoms with Crippen molar-refractivity contribution >= 4 is 12.0 Å². The minimum Gasteiger partial charge on any atom is -0.444 e. The Bertz CT molecular complexity index is 685. The summed E-state index contributed by atoms with van der Waals surface area (Å²) in [6.45, 7) is 9.53. The molecular formula is C23H35N3O3. The molecule has 1 aromatic rings. The molecule has 0 aromatic heterocycles. The Hall–Kier alpha value is -2.08. The van der Waals surface area contributed by atoms with Crippen LogP contribution in [0.5, 0.6) is 0 Å². The van der Waals surface area contributed by atoms with Crippen molar-refractivity contribution in [2.45, 2.75) is 70.6 Å². The summed E-state index contributed by atoms with van der Waals surface area (Å²) < 4.78 is 5.46. The molecule has 0 unspecified atom stereocenters. The monoisotopic (exact) mass is 401 g/mol. The molecule has 1 aliphatic heterocycles. The fraction of sp³-hybridized carbons (Fsp3) is 0.652. The second-order valence-electron chi connectivity index (χ2n) is 9.32. The van der Waals surface area contributed by atoms with E-state index in [9.17, 15) is 9.59 Å². The molecule has 1 aliphatic carbocycles. The van der Waals surface area contributed by atoms with Gasteiger partial charge in [0.25, 0.3) is 0 Å². The second kappa shape index (κ2) is 9.16. The molecule has 1 saturated carbocycles. The van der Waals surface area contributed by atoms with Crippen LogP contribution in [0.15, 0.2) is 30.3 Å². The zero-order valence-corrected chi connectivity index (χ0v) is 18.1. The van der Waals surface area contributed by atoms with Gasteiger partial charge in [-0.1, -0.05) is 49.6 Å². The zero-order valence-electron chi connectivity index (χ0n) is 18.1. The molecule has 2 amide bonds. The van der Waals surface area contributed by atoms with Gasteiger partial charge in [0.15, 0.2) is 0 Å². The van der Waals surface area contributed by atoms with Crippen LogP contribution in [0.25, 0.3) is 0 Å². The number of amides is 2. The number of nitrogens with one attached hydrogen (secondary N) is 1. The van der Waals surface area contributed by atoms with Gasteiger partial charge in [-0.2, -0.15) is 0 Å². The summed E-state index contributed by atoms with van der Waals surface area (Å²) in [4.78, 5) is 30.3. The first kappa shape index (κ1) is 21.6. The van der Waals surface area contributed by atoms with Gasteiger partial charge >= 0.3 is 6.09 Å². The number of hydrogen-bond donors (Lipinski definition) is 1. The SMILES string of the molecule is CC(C)(C)OC(=O)NC1(C(=O)N2CCN(Cc3ccccc3)CC2)CCCCC1. The normalized spacial score (nSPS) is 20.2. The second-order valence-corrected chi connectivity index (χ2v) is 9.32.